The highest BCUT2D eigenvalue weighted by Crippen LogP contribution is 2.23. The molecule has 4 nitrogen and oxygen atoms in total. The van der Waals surface area contributed by atoms with E-state index in [1.165, 1.54) is 16.8 Å². The highest BCUT2D eigenvalue weighted by molar-refractivity contribution is 5.55. The summed E-state index contributed by atoms with van der Waals surface area (Å²) in [4.78, 5) is 13.4. The lowest BCUT2D eigenvalue weighted by Gasteiger charge is -2.37. The summed E-state index contributed by atoms with van der Waals surface area (Å²) in [7, 11) is 0. The molecular formula is C17H22N4. The normalized spacial score (nSPS) is 15.4. The Balaban J connectivity index is 1.70. The zero-order valence-electron chi connectivity index (χ0n) is 13.0. The van der Waals surface area contributed by atoms with Crippen LogP contribution < -0.4 is 9.80 Å². The van der Waals surface area contributed by atoms with Crippen LogP contribution >= 0.6 is 0 Å². The number of anilines is 2. The number of nitrogens with zero attached hydrogens (tertiary/aromatic N) is 4. The van der Waals surface area contributed by atoms with Crippen molar-refractivity contribution >= 4 is 11.5 Å². The minimum atomic E-state index is 1.00. The molecule has 0 radical (unpaired) electrons. The van der Waals surface area contributed by atoms with Gasteiger partial charge in [0.2, 0.25) is 0 Å². The predicted octanol–water partition coefficient (Wildman–Crippen LogP) is 2.73. The molecule has 0 amide bonds. The van der Waals surface area contributed by atoms with Crippen molar-refractivity contribution in [1.82, 2.24) is 9.97 Å². The van der Waals surface area contributed by atoms with E-state index in [2.05, 4.69) is 57.9 Å². The van der Waals surface area contributed by atoms with Crippen molar-refractivity contribution in [3.63, 3.8) is 0 Å². The van der Waals surface area contributed by atoms with Gasteiger partial charge < -0.3 is 9.80 Å². The number of aryl methyl sites for hydroxylation is 3. The van der Waals surface area contributed by atoms with Gasteiger partial charge in [-0.05, 0) is 32.4 Å². The lowest BCUT2D eigenvalue weighted by molar-refractivity contribution is 0.645. The average Bonchev–Trinajstić information content (AvgIpc) is 2.47. The third-order valence-electron chi connectivity index (χ3n) is 4.09. The van der Waals surface area contributed by atoms with Gasteiger partial charge in [0, 0.05) is 43.6 Å². The molecule has 1 aromatic heterocycles. The second-order valence-corrected chi connectivity index (χ2v) is 5.78. The van der Waals surface area contributed by atoms with E-state index in [9.17, 15) is 0 Å². The van der Waals surface area contributed by atoms with Crippen LogP contribution in [-0.2, 0) is 0 Å². The largest absolute Gasteiger partial charge is 0.368 e. The number of benzene rings is 1. The van der Waals surface area contributed by atoms with E-state index in [-0.39, 0.29) is 0 Å². The molecule has 110 valence electrons. The van der Waals surface area contributed by atoms with Crippen molar-refractivity contribution in [1.29, 1.82) is 0 Å². The zero-order chi connectivity index (χ0) is 14.8. The fraction of sp³-hybridized carbons (Fsp3) is 0.412. The quantitative estimate of drug-likeness (QED) is 0.848. The summed E-state index contributed by atoms with van der Waals surface area (Å²) in [5, 5.41) is 0. The molecule has 1 fully saturated rings. The Morgan fingerprint density at radius 3 is 2.24 bits per heavy atom. The Bertz CT molecular complexity index is 630. The van der Waals surface area contributed by atoms with Gasteiger partial charge in [-0.15, -0.1) is 0 Å². The van der Waals surface area contributed by atoms with Crippen molar-refractivity contribution in [2.75, 3.05) is 36.0 Å². The fourth-order valence-corrected chi connectivity index (χ4v) is 2.95. The first-order valence-corrected chi connectivity index (χ1v) is 7.49. The molecule has 0 aliphatic carbocycles. The molecule has 1 aliphatic rings. The summed E-state index contributed by atoms with van der Waals surface area (Å²) < 4.78 is 0. The second kappa shape index (κ2) is 5.72. The Labute approximate surface area is 126 Å². The van der Waals surface area contributed by atoms with Gasteiger partial charge in [0.25, 0.3) is 0 Å². The van der Waals surface area contributed by atoms with Crippen LogP contribution in [0.2, 0.25) is 0 Å². The van der Waals surface area contributed by atoms with Gasteiger partial charge >= 0.3 is 0 Å². The van der Waals surface area contributed by atoms with Crippen LogP contribution in [0, 0.1) is 20.8 Å². The highest BCUT2D eigenvalue weighted by atomic mass is 15.3. The maximum atomic E-state index is 4.39. The SMILES string of the molecule is Cc1ccc(N2CCN(c3cc(C)ncn3)CC2)c(C)c1. The Morgan fingerprint density at radius 1 is 0.857 bits per heavy atom. The molecule has 0 spiro atoms. The van der Waals surface area contributed by atoms with Gasteiger partial charge in [0.05, 0.1) is 0 Å². The first-order valence-electron chi connectivity index (χ1n) is 7.49. The molecule has 21 heavy (non-hydrogen) atoms. The van der Waals surface area contributed by atoms with Crippen LogP contribution in [-0.4, -0.2) is 36.1 Å². The Kier molecular flexibility index (Phi) is 3.78. The maximum absolute atomic E-state index is 4.39. The van der Waals surface area contributed by atoms with Crippen molar-refractivity contribution in [3.05, 3.63) is 47.4 Å². The van der Waals surface area contributed by atoms with Crippen LogP contribution in [0.1, 0.15) is 16.8 Å². The van der Waals surface area contributed by atoms with Crippen LogP contribution in [0.15, 0.2) is 30.6 Å². The van der Waals surface area contributed by atoms with E-state index < -0.39 is 0 Å². The lowest BCUT2D eigenvalue weighted by Crippen LogP contribution is -2.47. The third kappa shape index (κ3) is 2.99. The second-order valence-electron chi connectivity index (χ2n) is 5.78. The highest BCUT2D eigenvalue weighted by Gasteiger charge is 2.19. The van der Waals surface area contributed by atoms with Gasteiger partial charge in [-0.2, -0.15) is 0 Å². The zero-order valence-corrected chi connectivity index (χ0v) is 13.0. The first kappa shape index (κ1) is 13.9. The van der Waals surface area contributed by atoms with Gasteiger partial charge in [-0.1, -0.05) is 17.7 Å². The van der Waals surface area contributed by atoms with Crippen molar-refractivity contribution in [2.45, 2.75) is 20.8 Å². The molecular weight excluding hydrogens is 260 g/mol. The Hall–Kier alpha value is -2.10. The molecule has 0 N–H and O–H groups in total. The van der Waals surface area contributed by atoms with Gasteiger partial charge in [0.15, 0.2) is 0 Å². The van der Waals surface area contributed by atoms with E-state index in [4.69, 9.17) is 0 Å². The van der Waals surface area contributed by atoms with Crippen LogP contribution in [0.25, 0.3) is 0 Å². The lowest BCUT2D eigenvalue weighted by atomic mass is 10.1. The number of hydrogen-bond donors (Lipinski definition) is 0. The van der Waals surface area contributed by atoms with E-state index in [0.29, 0.717) is 0 Å². The molecule has 1 saturated heterocycles. The number of piperazine rings is 1. The van der Waals surface area contributed by atoms with Crippen molar-refractivity contribution in [2.24, 2.45) is 0 Å². The van der Waals surface area contributed by atoms with Gasteiger partial charge in [-0.3, -0.25) is 0 Å². The molecule has 0 saturated carbocycles. The number of aromatic nitrogens is 2. The summed E-state index contributed by atoms with van der Waals surface area (Å²) in [6.07, 6.45) is 1.65. The van der Waals surface area contributed by atoms with E-state index in [0.717, 1.165) is 37.7 Å². The van der Waals surface area contributed by atoms with Crippen molar-refractivity contribution < 1.29 is 0 Å². The summed E-state index contributed by atoms with van der Waals surface area (Å²) in [6.45, 7) is 10.4. The summed E-state index contributed by atoms with van der Waals surface area (Å²) in [5.41, 5.74) is 5.07. The van der Waals surface area contributed by atoms with Crippen LogP contribution in [0.5, 0.6) is 0 Å². The molecule has 2 aromatic rings. The topological polar surface area (TPSA) is 32.3 Å². The monoisotopic (exact) mass is 282 g/mol. The molecule has 2 heterocycles. The summed E-state index contributed by atoms with van der Waals surface area (Å²) in [5.74, 6) is 1.04. The third-order valence-corrected chi connectivity index (χ3v) is 4.09. The Morgan fingerprint density at radius 2 is 1.57 bits per heavy atom. The predicted molar refractivity (Wildman–Crippen MR) is 87.1 cm³/mol. The van der Waals surface area contributed by atoms with E-state index in [1.807, 2.05) is 6.92 Å². The molecule has 1 aliphatic heterocycles. The fourth-order valence-electron chi connectivity index (χ4n) is 2.95. The van der Waals surface area contributed by atoms with Gasteiger partial charge in [0.1, 0.15) is 12.1 Å². The summed E-state index contributed by atoms with van der Waals surface area (Å²) >= 11 is 0. The van der Waals surface area contributed by atoms with Crippen LogP contribution in [0.4, 0.5) is 11.5 Å². The molecule has 0 atom stereocenters. The maximum Gasteiger partial charge on any atom is 0.132 e. The first-order chi connectivity index (χ1) is 10.1. The minimum Gasteiger partial charge on any atom is -0.368 e. The molecule has 1 aromatic carbocycles. The molecule has 0 unspecified atom stereocenters. The number of hydrogen-bond acceptors (Lipinski definition) is 4. The van der Waals surface area contributed by atoms with E-state index >= 15 is 0 Å². The van der Waals surface area contributed by atoms with Gasteiger partial charge in [-0.25, -0.2) is 9.97 Å². The molecule has 3 rings (SSSR count). The average molecular weight is 282 g/mol. The standard InChI is InChI=1S/C17H22N4/c1-13-4-5-16(14(2)10-13)20-6-8-21(9-7-20)17-11-15(3)18-12-19-17/h4-5,10-12H,6-9H2,1-3H3. The molecule has 0 bridgehead atoms. The van der Waals surface area contributed by atoms with E-state index in [1.54, 1.807) is 6.33 Å². The summed E-state index contributed by atoms with van der Waals surface area (Å²) in [6, 6.07) is 8.76. The minimum absolute atomic E-state index is 1.00. The number of rotatable bonds is 2. The smallest absolute Gasteiger partial charge is 0.132 e. The van der Waals surface area contributed by atoms with Crippen molar-refractivity contribution in [3.8, 4) is 0 Å². The van der Waals surface area contributed by atoms with Crippen LogP contribution in [0.3, 0.4) is 0 Å². The molecule has 4 heteroatoms.